The number of pyridine rings is 1. The molecule has 2 saturated heterocycles. The molecule has 4 rings (SSSR count). The first kappa shape index (κ1) is 22.9. The molecule has 0 unspecified atom stereocenters. The number of amides is 1. The molecule has 4 heterocycles. The van der Waals surface area contributed by atoms with Gasteiger partial charge in [0, 0.05) is 12.7 Å². The largest absolute Gasteiger partial charge is 0.369 e. The Morgan fingerprint density at radius 1 is 1.34 bits per heavy atom. The van der Waals surface area contributed by atoms with Crippen LogP contribution in [0.15, 0.2) is 28.0 Å². The quantitative estimate of drug-likeness (QED) is 0.502. The van der Waals surface area contributed by atoms with E-state index in [2.05, 4.69) is 10.3 Å². The van der Waals surface area contributed by atoms with Crippen LogP contribution in [-0.2, 0) is 14.6 Å². The van der Waals surface area contributed by atoms with Gasteiger partial charge < -0.3 is 5.32 Å². The number of thioether (sulfide) groups is 1. The molecule has 170 valence electrons. The van der Waals surface area contributed by atoms with Crippen molar-refractivity contribution < 1.29 is 13.2 Å². The van der Waals surface area contributed by atoms with E-state index >= 15 is 0 Å². The third-order valence-corrected chi connectivity index (χ3v) is 8.44. The maximum atomic E-state index is 13.3. The molecular formula is C21H24N4O4S3. The zero-order chi connectivity index (χ0) is 23.2. The fourth-order valence-corrected chi connectivity index (χ4v) is 6.81. The predicted molar refractivity (Wildman–Crippen MR) is 132 cm³/mol. The number of anilines is 1. The number of nitrogens with one attached hydrogen (secondary N) is 1. The number of hydrogen-bond donors (Lipinski definition) is 1. The molecule has 0 aliphatic carbocycles. The van der Waals surface area contributed by atoms with Crippen LogP contribution < -0.4 is 10.9 Å². The monoisotopic (exact) mass is 492 g/mol. The number of carbonyl (C=O) groups is 1. The van der Waals surface area contributed by atoms with Gasteiger partial charge in [-0.3, -0.25) is 18.9 Å². The fraction of sp³-hybridized carbons (Fsp3) is 0.429. The van der Waals surface area contributed by atoms with Gasteiger partial charge >= 0.3 is 0 Å². The van der Waals surface area contributed by atoms with Crippen molar-refractivity contribution in [2.24, 2.45) is 5.92 Å². The number of rotatable bonds is 5. The molecule has 2 aliphatic heterocycles. The first-order valence-electron chi connectivity index (χ1n) is 10.3. The normalized spacial score (nSPS) is 21.9. The molecule has 0 spiro atoms. The molecule has 2 fully saturated rings. The Morgan fingerprint density at radius 2 is 2.09 bits per heavy atom. The summed E-state index contributed by atoms with van der Waals surface area (Å²) in [7, 11) is -3.17. The molecule has 32 heavy (non-hydrogen) atoms. The van der Waals surface area contributed by atoms with Crippen LogP contribution in [-0.4, -0.2) is 57.0 Å². The minimum Gasteiger partial charge on any atom is -0.369 e. The van der Waals surface area contributed by atoms with Crippen molar-refractivity contribution >= 4 is 61.6 Å². The summed E-state index contributed by atoms with van der Waals surface area (Å²) in [6.45, 7) is 6.59. The smallest absolute Gasteiger partial charge is 0.267 e. The summed E-state index contributed by atoms with van der Waals surface area (Å²) in [5.41, 5.74) is 1.39. The van der Waals surface area contributed by atoms with Gasteiger partial charge in [-0.1, -0.05) is 43.9 Å². The number of aryl methyl sites for hydroxylation is 1. The summed E-state index contributed by atoms with van der Waals surface area (Å²) in [5.74, 6) is 0.315. The van der Waals surface area contributed by atoms with E-state index < -0.39 is 15.9 Å². The van der Waals surface area contributed by atoms with Gasteiger partial charge in [0.25, 0.3) is 11.5 Å². The topological polar surface area (TPSA) is 101 Å². The van der Waals surface area contributed by atoms with Crippen molar-refractivity contribution in [3.05, 3.63) is 44.7 Å². The van der Waals surface area contributed by atoms with Gasteiger partial charge in [-0.15, -0.1) is 0 Å². The van der Waals surface area contributed by atoms with Crippen molar-refractivity contribution in [1.82, 2.24) is 14.3 Å². The highest BCUT2D eigenvalue weighted by Crippen LogP contribution is 2.36. The molecule has 0 radical (unpaired) electrons. The number of carbonyl (C=O) groups excluding carboxylic acids is 1. The van der Waals surface area contributed by atoms with Crippen LogP contribution in [0.3, 0.4) is 0 Å². The predicted octanol–water partition coefficient (Wildman–Crippen LogP) is 2.46. The Hall–Kier alpha value is -2.24. The van der Waals surface area contributed by atoms with Crippen LogP contribution in [0.1, 0.15) is 31.4 Å². The lowest BCUT2D eigenvalue weighted by Crippen LogP contribution is -2.39. The van der Waals surface area contributed by atoms with Gasteiger partial charge in [0.05, 0.1) is 28.0 Å². The van der Waals surface area contributed by atoms with Crippen molar-refractivity contribution in [3.8, 4) is 0 Å². The van der Waals surface area contributed by atoms with Crippen molar-refractivity contribution in [1.29, 1.82) is 0 Å². The lowest BCUT2D eigenvalue weighted by molar-refractivity contribution is -0.123. The molecule has 2 aromatic heterocycles. The van der Waals surface area contributed by atoms with Crippen LogP contribution in [0.25, 0.3) is 11.7 Å². The third kappa shape index (κ3) is 4.46. The zero-order valence-corrected chi connectivity index (χ0v) is 20.4. The number of nitrogens with zero attached hydrogens (tertiary/aromatic N) is 3. The van der Waals surface area contributed by atoms with Gasteiger partial charge in [0.2, 0.25) is 0 Å². The molecule has 0 saturated carbocycles. The third-order valence-electron chi connectivity index (χ3n) is 5.36. The minimum atomic E-state index is -3.17. The van der Waals surface area contributed by atoms with Crippen LogP contribution in [0.5, 0.6) is 0 Å². The van der Waals surface area contributed by atoms with E-state index in [1.165, 1.54) is 15.4 Å². The molecule has 0 bridgehead atoms. The molecule has 8 nitrogen and oxygen atoms in total. The highest BCUT2D eigenvalue weighted by molar-refractivity contribution is 8.26. The minimum absolute atomic E-state index is 0.0480. The molecule has 2 aromatic rings. The van der Waals surface area contributed by atoms with E-state index in [1.54, 1.807) is 12.3 Å². The van der Waals surface area contributed by atoms with Gasteiger partial charge in [0.15, 0.2) is 9.84 Å². The second-order valence-corrected chi connectivity index (χ2v) is 12.4. The van der Waals surface area contributed by atoms with Gasteiger partial charge in [-0.2, -0.15) is 0 Å². The van der Waals surface area contributed by atoms with E-state index in [-0.39, 0.29) is 28.5 Å². The molecule has 1 N–H and O–H groups in total. The summed E-state index contributed by atoms with van der Waals surface area (Å²) < 4.78 is 25.6. The van der Waals surface area contributed by atoms with E-state index in [9.17, 15) is 18.0 Å². The first-order chi connectivity index (χ1) is 15.1. The number of thiocarbonyl (C=S) groups is 1. The number of hydrogen-bond acceptors (Lipinski definition) is 8. The second kappa shape index (κ2) is 8.60. The molecule has 1 amide bonds. The van der Waals surface area contributed by atoms with Gasteiger partial charge in [0.1, 0.15) is 15.8 Å². The highest BCUT2D eigenvalue weighted by Gasteiger charge is 2.42. The van der Waals surface area contributed by atoms with Crippen molar-refractivity contribution in [2.45, 2.75) is 33.2 Å². The van der Waals surface area contributed by atoms with Crippen molar-refractivity contribution in [2.75, 3.05) is 23.4 Å². The van der Waals surface area contributed by atoms with E-state index in [1.807, 2.05) is 26.8 Å². The highest BCUT2D eigenvalue weighted by atomic mass is 32.2. The Morgan fingerprint density at radius 3 is 2.75 bits per heavy atom. The van der Waals surface area contributed by atoms with Crippen LogP contribution >= 0.6 is 24.0 Å². The fourth-order valence-electron chi connectivity index (χ4n) is 3.73. The number of fused-ring (bicyclic) bond motifs is 1. The maximum Gasteiger partial charge on any atom is 0.267 e. The Bertz CT molecular complexity index is 1310. The van der Waals surface area contributed by atoms with E-state index in [0.29, 0.717) is 39.6 Å². The first-order valence-corrected chi connectivity index (χ1v) is 13.3. The van der Waals surface area contributed by atoms with E-state index in [4.69, 9.17) is 12.2 Å². The molecular weight excluding hydrogens is 468 g/mol. The SMILES string of the molecule is Cc1ccc2nc(NCC(C)C)c(C=C3SC(=S)N([C@@H]4CCS(=O)(=O)C4)C3=O)c(=O)n2c1. The molecule has 2 aliphatic rings. The Kier molecular flexibility index (Phi) is 6.17. The van der Waals surface area contributed by atoms with Crippen LogP contribution in [0.4, 0.5) is 5.82 Å². The maximum absolute atomic E-state index is 13.3. The summed E-state index contributed by atoms with van der Waals surface area (Å²) >= 11 is 6.47. The summed E-state index contributed by atoms with van der Waals surface area (Å²) in [6, 6.07) is 3.20. The molecule has 0 aromatic carbocycles. The van der Waals surface area contributed by atoms with Crippen LogP contribution in [0, 0.1) is 12.8 Å². The summed E-state index contributed by atoms with van der Waals surface area (Å²) in [6.07, 6.45) is 3.60. The standard InChI is InChI=1S/C21H24N4O4S3/c1-12(2)9-22-18-15(19(26)24-10-13(3)4-5-17(24)23-18)8-16-20(27)25(21(30)31-16)14-6-7-32(28,29)11-14/h4-5,8,10,12,14,22H,6-7,9,11H2,1-3H3/t14-/m1/s1. The summed E-state index contributed by atoms with van der Waals surface area (Å²) in [4.78, 5) is 32.8. The summed E-state index contributed by atoms with van der Waals surface area (Å²) in [5, 5.41) is 3.22. The van der Waals surface area contributed by atoms with Gasteiger partial charge in [-0.25, -0.2) is 13.4 Å². The lowest BCUT2D eigenvalue weighted by atomic mass is 10.2. The number of aromatic nitrogens is 2. The van der Waals surface area contributed by atoms with Crippen LogP contribution in [0.2, 0.25) is 0 Å². The number of sulfone groups is 1. The van der Waals surface area contributed by atoms with Gasteiger partial charge in [-0.05, 0) is 37.0 Å². The Labute approximate surface area is 196 Å². The second-order valence-electron chi connectivity index (χ2n) is 8.50. The lowest BCUT2D eigenvalue weighted by Gasteiger charge is -2.20. The average Bonchev–Trinajstić information content (AvgIpc) is 3.20. The zero-order valence-electron chi connectivity index (χ0n) is 18.0. The molecule has 1 atom stereocenters. The van der Waals surface area contributed by atoms with E-state index in [0.717, 1.165) is 17.3 Å². The van der Waals surface area contributed by atoms with Crippen molar-refractivity contribution in [3.63, 3.8) is 0 Å². The average molecular weight is 493 g/mol. The molecule has 11 heteroatoms. The Balaban J connectivity index is 1.77.